The summed E-state index contributed by atoms with van der Waals surface area (Å²) in [6, 6.07) is 5.35. The van der Waals surface area contributed by atoms with E-state index in [1.807, 2.05) is 6.07 Å². The zero-order valence-electron chi connectivity index (χ0n) is 10.6. The summed E-state index contributed by atoms with van der Waals surface area (Å²) in [6.07, 6.45) is 2.82. The van der Waals surface area contributed by atoms with Crippen LogP contribution in [0.5, 0.6) is 0 Å². The number of hydrogen-bond acceptors (Lipinski definition) is 5. The van der Waals surface area contributed by atoms with Crippen molar-refractivity contribution in [1.82, 2.24) is 4.98 Å². The number of nitrogens with one attached hydrogen (secondary N) is 1. The normalized spacial score (nSPS) is 17.4. The molecule has 0 bridgehead atoms. The standard InChI is InChI=1S/C13H16N4O2/c14-7-10-1-2-11(8-16-10)17-9-13(12(15)18)3-5-19-6-4-13/h1-2,8,17H,3-6,9H2,(H2,15,18). The number of ether oxygens (including phenoxy) is 1. The molecule has 0 aliphatic carbocycles. The molecule has 19 heavy (non-hydrogen) atoms. The SMILES string of the molecule is N#Cc1ccc(NCC2(C(N)=O)CCOCC2)cn1. The van der Waals surface area contributed by atoms with Gasteiger partial charge < -0.3 is 15.8 Å². The maximum absolute atomic E-state index is 11.7. The predicted octanol–water partition coefficient (Wildman–Crippen LogP) is 0.647. The van der Waals surface area contributed by atoms with Gasteiger partial charge >= 0.3 is 0 Å². The number of amides is 1. The molecule has 100 valence electrons. The molecule has 2 rings (SSSR count). The second-order valence-corrected chi connectivity index (χ2v) is 4.65. The van der Waals surface area contributed by atoms with Gasteiger partial charge in [0, 0.05) is 19.8 Å². The molecule has 2 heterocycles. The van der Waals surface area contributed by atoms with Gasteiger partial charge in [-0.3, -0.25) is 4.79 Å². The number of anilines is 1. The van der Waals surface area contributed by atoms with Crippen LogP contribution in [0, 0.1) is 16.7 Å². The lowest BCUT2D eigenvalue weighted by Crippen LogP contribution is -2.46. The molecule has 1 aliphatic rings. The number of pyridine rings is 1. The van der Waals surface area contributed by atoms with Crippen molar-refractivity contribution in [3.63, 3.8) is 0 Å². The van der Waals surface area contributed by atoms with Crippen LogP contribution in [0.25, 0.3) is 0 Å². The fourth-order valence-electron chi connectivity index (χ4n) is 2.11. The third-order valence-corrected chi connectivity index (χ3v) is 3.48. The maximum Gasteiger partial charge on any atom is 0.225 e. The first kappa shape index (κ1) is 13.3. The maximum atomic E-state index is 11.7. The van der Waals surface area contributed by atoms with Crippen molar-refractivity contribution in [2.75, 3.05) is 25.1 Å². The summed E-state index contributed by atoms with van der Waals surface area (Å²) >= 11 is 0. The number of nitrogens with two attached hydrogens (primary N) is 1. The van der Waals surface area contributed by atoms with Crippen LogP contribution < -0.4 is 11.1 Å². The lowest BCUT2D eigenvalue weighted by atomic mass is 9.79. The molecule has 0 spiro atoms. The van der Waals surface area contributed by atoms with E-state index in [1.165, 1.54) is 0 Å². The molecule has 1 aliphatic heterocycles. The van der Waals surface area contributed by atoms with E-state index in [0.717, 1.165) is 5.69 Å². The van der Waals surface area contributed by atoms with Gasteiger partial charge in [-0.2, -0.15) is 5.26 Å². The molecule has 6 heteroatoms. The van der Waals surface area contributed by atoms with Gasteiger partial charge in [0.05, 0.1) is 17.3 Å². The first-order valence-corrected chi connectivity index (χ1v) is 6.14. The minimum atomic E-state index is -0.563. The van der Waals surface area contributed by atoms with E-state index in [9.17, 15) is 4.79 Å². The Hall–Kier alpha value is -2.13. The van der Waals surface area contributed by atoms with Gasteiger partial charge in [-0.1, -0.05) is 0 Å². The Morgan fingerprint density at radius 1 is 1.53 bits per heavy atom. The minimum Gasteiger partial charge on any atom is -0.383 e. The lowest BCUT2D eigenvalue weighted by molar-refractivity contribution is -0.132. The van der Waals surface area contributed by atoms with Crippen LogP contribution in [-0.2, 0) is 9.53 Å². The van der Waals surface area contributed by atoms with E-state index in [0.29, 0.717) is 38.3 Å². The highest BCUT2D eigenvalue weighted by molar-refractivity contribution is 5.81. The molecule has 0 unspecified atom stereocenters. The highest BCUT2D eigenvalue weighted by atomic mass is 16.5. The van der Waals surface area contributed by atoms with Gasteiger partial charge in [-0.25, -0.2) is 4.98 Å². The summed E-state index contributed by atoms with van der Waals surface area (Å²) in [4.78, 5) is 15.6. The zero-order valence-corrected chi connectivity index (χ0v) is 10.6. The van der Waals surface area contributed by atoms with Crippen LogP contribution in [0.3, 0.4) is 0 Å². The first-order chi connectivity index (χ1) is 9.16. The van der Waals surface area contributed by atoms with E-state index in [4.69, 9.17) is 15.7 Å². The average Bonchev–Trinajstić information content (AvgIpc) is 2.46. The Morgan fingerprint density at radius 3 is 2.79 bits per heavy atom. The van der Waals surface area contributed by atoms with Gasteiger partial charge in [-0.15, -0.1) is 0 Å². The van der Waals surface area contributed by atoms with Crippen molar-refractivity contribution >= 4 is 11.6 Å². The van der Waals surface area contributed by atoms with E-state index in [1.54, 1.807) is 18.3 Å². The minimum absolute atomic E-state index is 0.301. The number of aromatic nitrogens is 1. The quantitative estimate of drug-likeness (QED) is 0.827. The molecule has 0 aromatic carbocycles. The summed E-state index contributed by atoms with van der Waals surface area (Å²) in [7, 11) is 0. The number of rotatable bonds is 4. The second-order valence-electron chi connectivity index (χ2n) is 4.65. The number of nitriles is 1. The third-order valence-electron chi connectivity index (χ3n) is 3.48. The molecule has 1 aromatic rings. The first-order valence-electron chi connectivity index (χ1n) is 6.14. The fraction of sp³-hybridized carbons (Fsp3) is 0.462. The second kappa shape index (κ2) is 5.67. The predicted molar refractivity (Wildman–Crippen MR) is 69.1 cm³/mol. The number of hydrogen-bond donors (Lipinski definition) is 2. The van der Waals surface area contributed by atoms with Crippen molar-refractivity contribution in [2.24, 2.45) is 11.1 Å². The number of primary amides is 1. The summed E-state index contributed by atoms with van der Waals surface area (Å²) in [5, 5.41) is 11.8. The van der Waals surface area contributed by atoms with Gasteiger partial charge in [0.25, 0.3) is 0 Å². The van der Waals surface area contributed by atoms with Crippen LogP contribution in [0.4, 0.5) is 5.69 Å². The molecule has 1 aromatic heterocycles. The van der Waals surface area contributed by atoms with Crippen molar-refractivity contribution in [1.29, 1.82) is 5.26 Å². The summed E-state index contributed by atoms with van der Waals surface area (Å²) < 4.78 is 5.27. The molecule has 0 radical (unpaired) electrons. The Labute approximate surface area is 111 Å². The van der Waals surface area contributed by atoms with Crippen LogP contribution in [-0.4, -0.2) is 30.6 Å². The topological polar surface area (TPSA) is 101 Å². The third kappa shape index (κ3) is 3.01. The fourth-order valence-corrected chi connectivity index (χ4v) is 2.11. The average molecular weight is 260 g/mol. The van der Waals surface area contributed by atoms with Crippen LogP contribution in [0.2, 0.25) is 0 Å². The zero-order chi connectivity index (χ0) is 13.7. The molecule has 0 saturated carbocycles. The Bertz CT molecular complexity index is 486. The number of nitrogens with zero attached hydrogens (tertiary/aromatic N) is 2. The monoisotopic (exact) mass is 260 g/mol. The van der Waals surface area contributed by atoms with Crippen LogP contribution in [0.15, 0.2) is 18.3 Å². The largest absolute Gasteiger partial charge is 0.383 e. The lowest BCUT2D eigenvalue weighted by Gasteiger charge is -2.34. The van der Waals surface area contributed by atoms with Crippen LogP contribution in [0.1, 0.15) is 18.5 Å². The molecule has 1 saturated heterocycles. The molecule has 3 N–H and O–H groups in total. The van der Waals surface area contributed by atoms with Gasteiger partial charge in [-0.05, 0) is 25.0 Å². The van der Waals surface area contributed by atoms with Crippen molar-refractivity contribution < 1.29 is 9.53 Å². The van der Waals surface area contributed by atoms with E-state index < -0.39 is 5.41 Å². The molecule has 1 amide bonds. The van der Waals surface area contributed by atoms with Crippen molar-refractivity contribution in [3.05, 3.63) is 24.0 Å². The molecule has 0 atom stereocenters. The molecule has 1 fully saturated rings. The number of carbonyl (C=O) groups is 1. The highest BCUT2D eigenvalue weighted by Crippen LogP contribution is 2.30. The highest BCUT2D eigenvalue weighted by Gasteiger charge is 2.38. The van der Waals surface area contributed by atoms with E-state index >= 15 is 0 Å². The summed E-state index contributed by atoms with van der Waals surface area (Å²) in [6.45, 7) is 1.56. The Balaban J connectivity index is 2.02. The van der Waals surface area contributed by atoms with Crippen molar-refractivity contribution in [3.8, 4) is 6.07 Å². The van der Waals surface area contributed by atoms with Gasteiger partial charge in [0.2, 0.25) is 5.91 Å². The summed E-state index contributed by atoms with van der Waals surface area (Å²) in [5.74, 6) is -0.301. The Kier molecular flexibility index (Phi) is 3.97. The van der Waals surface area contributed by atoms with E-state index in [-0.39, 0.29) is 5.91 Å². The summed E-state index contributed by atoms with van der Waals surface area (Å²) in [5.41, 5.74) is 6.09. The Morgan fingerprint density at radius 2 is 2.26 bits per heavy atom. The molecule has 6 nitrogen and oxygen atoms in total. The number of carbonyl (C=O) groups excluding carboxylic acids is 1. The van der Waals surface area contributed by atoms with Gasteiger partial charge in [0.1, 0.15) is 11.8 Å². The van der Waals surface area contributed by atoms with Gasteiger partial charge in [0.15, 0.2) is 0 Å². The van der Waals surface area contributed by atoms with Crippen molar-refractivity contribution in [2.45, 2.75) is 12.8 Å². The van der Waals surface area contributed by atoms with Crippen LogP contribution >= 0.6 is 0 Å². The smallest absolute Gasteiger partial charge is 0.225 e. The van der Waals surface area contributed by atoms with E-state index in [2.05, 4.69) is 10.3 Å². The molecular formula is C13H16N4O2. The molecular weight excluding hydrogens is 244 g/mol.